The van der Waals surface area contributed by atoms with Crippen LogP contribution in [-0.2, 0) is 0 Å². The van der Waals surface area contributed by atoms with Crippen molar-refractivity contribution in [2.75, 3.05) is 26.2 Å². The Morgan fingerprint density at radius 2 is 1.67 bits per heavy atom. The summed E-state index contributed by atoms with van der Waals surface area (Å²) in [6.07, 6.45) is -4.66. The highest BCUT2D eigenvalue weighted by atomic mass is 35.5. The second-order valence-corrected chi connectivity index (χ2v) is 6.67. The Labute approximate surface area is 153 Å². The van der Waals surface area contributed by atoms with Gasteiger partial charge in [0.15, 0.2) is 0 Å². The van der Waals surface area contributed by atoms with E-state index in [1.165, 1.54) is 12.1 Å². The first-order valence-corrected chi connectivity index (χ1v) is 7.47. The standard InChI is InChI=1S/C16H23F3N2O.2ClH/c1-15(2,3)14(21-9-7-20-8-10-21)12-5-4-6-13(11-12)22-16(17,18)19;;/h4-6,11,14,20H,7-10H2,1-3H3;2*1H/t14-;;/m1../s1. The van der Waals surface area contributed by atoms with Crippen molar-refractivity contribution in [3.8, 4) is 5.75 Å². The summed E-state index contributed by atoms with van der Waals surface area (Å²) < 4.78 is 41.3. The minimum atomic E-state index is -4.66. The lowest BCUT2D eigenvalue weighted by molar-refractivity contribution is -0.274. The van der Waals surface area contributed by atoms with E-state index in [4.69, 9.17) is 0 Å². The molecule has 0 aliphatic carbocycles. The molecular formula is C16H25Cl2F3N2O. The number of nitrogens with one attached hydrogen (secondary N) is 1. The molecule has 1 heterocycles. The Kier molecular flexibility index (Phi) is 8.87. The summed E-state index contributed by atoms with van der Waals surface area (Å²) in [6.45, 7) is 9.88. The maximum atomic E-state index is 12.4. The summed E-state index contributed by atoms with van der Waals surface area (Å²) in [4.78, 5) is 2.32. The van der Waals surface area contributed by atoms with Gasteiger partial charge in [-0.3, -0.25) is 4.90 Å². The predicted octanol–water partition coefficient (Wildman–Crippen LogP) is 4.42. The van der Waals surface area contributed by atoms with Gasteiger partial charge in [-0.25, -0.2) is 0 Å². The van der Waals surface area contributed by atoms with Crippen LogP contribution in [0.1, 0.15) is 32.4 Å². The van der Waals surface area contributed by atoms with Gasteiger partial charge in [-0.15, -0.1) is 38.0 Å². The number of nitrogens with zero attached hydrogens (tertiary/aromatic N) is 1. The second kappa shape index (κ2) is 9.13. The molecule has 24 heavy (non-hydrogen) atoms. The highest BCUT2D eigenvalue weighted by molar-refractivity contribution is 5.85. The molecule has 1 aromatic rings. The van der Waals surface area contributed by atoms with Crippen molar-refractivity contribution in [3.63, 3.8) is 0 Å². The molecule has 0 amide bonds. The number of alkyl halides is 3. The Hall–Kier alpha value is -0.690. The maximum Gasteiger partial charge on any atom is 0.573 e. The molecular weight excluding hydrogens is 364 g/mol. The van der Waals surface area contributed by atoms with Gasteiger partial charge < -0.3 is 10.1 Å². The lowest BCUT2D eigenvalue weighted by atomic mass is 9.81. The number of rotatable bonds is 3. The fourth-order valence-corrected chi connectivity index (χ4v) is 3.08. The molecule has 1 aromatic carbocycles. The first-order valence-electron chi connectivity index (χ1n) is 7.47. The lowest BCUT2D eigenvalue weighted by Crippen LogP contribution is -2.48. The maximum absolute atomic E-state index is 12.4. The largest absolute Gasteiger partial charge is 0.573 e. The van der Waals surface area contributed by atoms with Crippen molar-refractivity contribution in [1.82, 2.24) is 10.2 Å². The van der Waals surface area contributed by atoms with Crippen molar-refractivity contribution < 1.29 is 17.9 Å². The van der Waals surface area contributed by atoms with Crippen molar-refractivity contribution in [3.05, 3.63) is 29.8 Å². The summed E-state index contributed by atoms with van der Waals surface area (Å²) in [7, 11) is 0. The number of hydrogen-bond acceptors (Lipinski definition) is 3. The Morgan fingerprint density at radius 3 is 2.17 bits per heavy atom. The Balaban J connectivity index is 0.00000264. The molecule has 0 unspecified atom stereocenters. The van der Waals surface area contributed by atoms with Crippen LogP contribution in [0.4, 0.5) is 13.2 Å². The van der Waals surface area contributed by atoms with Gasteiger partial charge in [-0.1, -0.05) is 32.9 Å². The molecule has 0 radical (unpaired) electrons. The summed E-state index contributed by atoms with van der Waals surface area (Å²) in [5, 5.41) is 3.30. The fourth-order valence-electron chi connectivity index (χ4n) is 3.08. The minimum Gasteiger partial charge on any atom is -0.406 e. The molecule has 3 nitrogen and oxygen atoms in total. The molecule has 0 saturated carbocycles. The number of piperazine rings is 1. The van der Waals surface area contributed by atoms with Crippen LogP contribution >= 0.6 is 24.8 Å². The molecule has 1 aliphatic heterocycles. The number of hydrogen-bond donors (Lipinski definition) is 1. The van der Waals surface area contributed by atoms with Crippen LogP contribution in [0.5, 0.6) is 5.75 Å². The van der Waals surface area contributed by atoms with Crippen molar-refractivity contribution in [2.24, 2.45) is 5.41 Å². The van der Waals surface area contributed by atoms with Crippen LogP contribution in [-0.4, -0.2) is 37.4 Å². The smallest absolute Gasteiger partial charge is 0.406 e. The van der Waals surface area contributed by atoms with Gasteiger partial charge in [0.1, 0.15) is 5.75 Å². The Bertz CT molecular complexity index is 501. The monoisotopic (exact) mass is 388 g/mol. The van der Waals surface area contributed by atoms with E-state index in [9.17, 15) is 13.2 Å². The summed E-state index contributed by atoms with van der Waals surface area (Å²) in [5.74, 6) is -0.158. The van der Waals surface area contributed by atoms with E-state index in [1.807, 2.05) is 6.07 Å². The molecule has 1 aliphatic rings. The van der Waals surface area contributed by atoms with Crippen LogP contribution in [0, 0.1) is 5.41 Å². The minimum absolute atomic E-state index is 0. The van der Waals surface area contributed by atoms with Gasteiger partial charge in [0.2, 0.25) is 0 Å². The third-order valence-corrected chi connectivity index (χ3v) is 3.74. The molecule has 8 heteroatoms. The van der Waals surface area contributed by atoms with Gasteiger partial charge >= 0.3 is 6.36 Å². The highest BCUT2D eigenvalue weighted by Crippen LogP contribution is 2.39. The van der Waals surface area contributed by atoms with E-state index in [2.05, 4.69) is 35.7 Å². The summed E-state index contributed by atoms with van der Waals surface area (Å²) in [6, 6.07) is 6.39. The molecule has 1 atom stereocenters. The fraction of sp³-hybridized carbons (Fsp3) is 0.625. The van der Waals surface area contributed by atoms with E-state index in [0.29, 0.717) is 0 Å². The zero-order chi connectivity index (χ0) is 16.4. The third kappa shape index (κ3) is 6.67. The van der Waals surface area contributed by atoms with E-state index in [-0.39, 0.29) is 42.0 Å². The third-order valence-electron chi connectivity index (χ3n) is 3.74. The molecule has 2 rings (SSSR count). The number of benzene rings is 1. The number of ether oxygens (including phenoxy) is 1. The highest BCUT2D eigenvalue weighted by Gasteiger charge is 2.34. The van der Waals surface area contributed by atoms with Crippen LogP contribution in [0.3, 0.4) is 0 Å². The second-order valence-electron chi connectivity index (χ2n) is 6.67. The van der Waals surface area contributed by atoms with Crippen molar-refractivity contribution in [1.29, 1.82) is 0 Å². The first-order chi connectivity index (χ1) is 10.2. The van der Waals surface area contributed by atoms with E-state index < -0.39 is 6.36 Å². The summed E-state index contributed by atoms with van der Waals surface area (Å²) >= 11 is 0. The van der Waals surface area contributed by atoms with Crippen LogP contribution in [0.2, 0.25) is 0 Å². The molecule has 0 spiro atoms. The zero-order valence-corrected chi connectivity index (χ0v) is 15.7. The zero-order valence-electron chi connectivity index (χ0n) is 14.0. The van der Waals surface area contributed by atoms with Gasteiger partial charge in [0.05, 0.1) is 0 Å². The SMILES string of the molecule is CC(C)(C)[C@@H](c1cccc(OC(F)(F)F)c1)N1CCNCC1.Cl.Cl. The molecule has 0 aromatic heterocycles. The van der Waals surface area contributed by atoms with Crippen molar-refractivity contribution >= 4 is 24.8 Å². The number of halogens is 5. The topological polar surface area (TPSA) is 24.5 Å². The van der Waals surface area contributed by atoms with Gasteiger partial charge in [0.25, 0.3) is 0 Å². The average Bonchev–Trinajstić information content (AvgIpc) is 2.37. The van der Waals surface area contributed by atoms with E-state index in [0.717, 1.165) is 31.7 Å². The predicted molar refractivity (Wildman–Crippen MR) is 94.3 cm³/mol. The van der Waals surface area contributed by atoms with E-state index in [1.54, 1.807) is 6.07 Å². The van der Waals surface area contributed by atoms with Crippen molar-refractivity contribution in [2.45, 2.75) is 33.2 Å². The molecule has 1 fully saturated rings. The first kappa shape index (κ1) is 23.3. The van der Waals surface area contributed by atoms with Crippen LogP contribution in [0.25, 0.3) is 0 Å². The Morgan fingerprint density at radius 1 is 1.08 bits per heavy atom. The van der Waals surface area contributed by atoms with Crippen LogP contribution in [0.15, 0.2) is 24.3 Å². The van der Waals surface area contributed by atoms with Gasteiger partial charge in [-0.05, 0) is 23.1 Å². The molecule has 1 N–H and O–H groups in total. The molecule has 140 valence electrons. The normalized spacial score (nSPS) is 17.4. The van der Waals surface area contributed by atoms with Gasteiger partial charge in [0, 0.05) is 32.2 Å². The van der Waals surface area contributed by atoms with Crippen LogP contribution < -0.4 is 10.1 Å². The summed E-state index contributed by atoms with van der Waals surface area (Å²) in [5.41, 5.74) is 0.768. The lowest BCUT2D eigenvalue weighted by Gasteiger charge is -2.42. The molecule has 1 saturated heterocycles. The molecule has 0 bridgehead atoms. The van der Waals surface area contributed by atoms with Gasteiger partial charge in [-0.2, -0.15) is 0 Å². The quantitative estimate of drug-likeness (QED) is 0.828. The van der Waals surface area contributed by atoms with E-state index >= 15 is 0 Å². The average molecular weight is 389 g/mol.